The van der Waals surface area contributed by atoms with Crippen LogP contribution in [0.5, 0.6) is 11.5 Å². The van der Waals surface area contributed by atoms with Gasteiger partial charge < -0.3 is 9.47 Å². The summed E-state index contributed by atoms with van der Waals surface area (Å²) in [6.07, 6.45) is 0.0271. The zero-order valence-electron chi connectivity index (χ0n) is 11.5. The van der Waals surface area contributed by atoms with Gasteiger partial charge in [0.2, 0.25) is 0 Å². The molecule has 3 rings (SSSR count). The zero-order valence-corrected chi connectivity index (χ0v) is 12.3. The third-order valence-corrected chi connectivity index (χ3v) is 3.91. The quantitative estimate of drug-likeness (QED) is 0.641. The summed E-state index contributed by atoms with van der Waals surface area (Å²) in [4.78, 5) is 8.84. The molecule has 1 atom stereocenters. The van der Waals surface area contributed by atoms with Crippen molar-refractivity contribution >= 4 is 11.8 Å². The first kappa shape index (κ1) is 13.2. The summed E-state index contributed by atoms with van der Waals surface area (Å²) in [6.45, 7) is 4.53. The summed E-state index contributed by atoms with van der Waals surface area (Å²) in [5, 5.41) is 0.796. The van der Waals surface area contributed by atoms with Gasteiger partial charge in [-0.2, -0.15) is 0 Å². The number of hydrogen-bond acceptors (Lipinski definition) is 5. The second-order valence-corrected chi connectivity index (χ2v) is 5.73. The van der Waals surface area contributed by atoms with Gasteiger partial charge in [-0.1, -0.05) is 23.9 Å². The number of ether oxygens (including phenoxy) is 2. The van der Waals surface area contributed by atoms with Crippen molar-refractivity contribution in [2.45, 2.75) is 25.1 Å². The van der Waals surface area contributed by atoms with E-state index in [1.54, 1.807) is 11.8 Å². The Bertz CT molecular complexity index is 598. The number of rotatable bonds is 3. The maximum Gasteiger partial charge on any atom is 0.188 e. The summed E-state index contributed by atoms with van der Waals surface area (Å²) >= 11 is 1.60. The van der Waals surface area contributed by atoms with Gasteiger partial charge in [0.05, 0.1) is 0 Å². The Morgan fingerprint density at radius 2 is 1.85 bits per heavy atom. The molecule has 0 spiro atoms. The normalized spacial score (nSPS) is 17.0. The Morgan fingerprint density at radius 1 is 1.15 bits per heavy atom. The summed E-state index contributed by atoms with van der Waals surface area (Å²) in [7, 11) is 0. The highest BCUT2D eigenvalue weighted by molar-refractivity contribution is 7.99. The number of benzene rings is 1. The molecule has 5 heteroatoms. The van der Waals surface area contributed by atoms with Crippen molar-refractivity contribution < 1.29 is 9.47 Å². The van der Waals surface area contributed by atoms with E-state index in [2.05, 4.69) is 9.97 Å². The Kier molecular flexibility index (Phi) is 3.78. The molecule has 2 heterocycles. The molecule has 20 heavy (non-hydrogen) atoms. The maximum atomic E-state index is 5.91. The number of para-hydroxylation sites is 2. The minimum atomic E-state index is 0.0271. The highest BCUT2D eigenvalue weighted by atomic mass is 32.2. The van der Waals surface area contributed by atoms with Crippen LogP contribution in [0.15, 0.2) is 35.5 Å². The van der Waals surface area contributed by atoms with Crippen LogP contribution in [0, 0.1) is 13.8 Å². The van der Waals surface area contributed by atoms with Crippen molar-refractivity contribution in [3.8, 4) is 11.5 Å². The van der Waals surface area contributed by atoms with Gasteiger partial charge in [0.15, 0.2) is 16.7 Å². The van der Waals surface area contributed by atoms with Crippen molar-refractivity contribution in [1.29, 1.82) is 0 Å². The van der Waals surface area contributed by atoms with Crippen LogP contribution in [0.4, 0.5) is 0 Å². The smallest absolute Gasteiger partial charge is 0.188 e. The molecule has 0 radical (unpaired) electrons. The van der Waals surface area contributed by atoms with Gasteiger partial charge in [-0.3, -0.25) is 0 Å². The van der Waals surface area contributed by atoms with Crippen LogP contribution in [-0.4, -0.2) is 28.4 Å². The van der Waals surface area contributed by atoms with E-state index in [1.165, 1.54) is 0 Å². The first-order chi connectivity index (χ1) is 9.70. The average Bonchev–Trinajstić information content (AvgIpc) is 2.44. The van der Waals surface area contributed by atoms with E-state index in [1.807, 2.05) is 44.2 Å². The predicted molar refractivity (Wildman–Crippen MR) is 78.6 cm³/mol. The summed E-state index contributed by atoms with van der Waals surface area (Å²) in [5.74, 6) is 2.40. The predicted octanol–water partition coefficient (Wildman–Crippen LogP) is 3.03. The van der Waals surface area contributed by atoms with E-state index in [0.717, 1.165) is 33.8 Å². The van der Waals surface area contributed by atoms with Gasteiger partial charge in [0, 0.05) is 17.1 Å². The number of thioether (sulfide) groups is 1. The van der Waals surface area contributed by atoms with Crippen molar-refractivity contribution in [2.75, 3.05) is 12.4 Å². The number of hydrogen-bond donors (Lipinski definition) is 0. The molecular weight excluding hydrogens is 272 g/mol. The molecule has 1 aliphatic rings. The van der Waals surface area contributed by atoms with E-state index < -0.39 is 0 Å². The minimum absolute atomic E-state index is 0.0271. The Labute approximate surface area is 122 Å². The molecule has 1 aromatic heterocycles. The van der Waals surface area contributed by atoms with E-state index in [9.17, 15) is 0 Å². The SMILES string of the molecule is Cc1cc(C)nc(SC[C@H]2COc3ccccc3O2)n1. The van der Waals surface area contributed by atoms with Crippen LogP contribution in [-0.2, 0) is 0 Å². The molecule has 0 aliphatic carbocycles. The lowest BCUT2D eigenvalue weighted by atomic mass is 10.3. The minimum Gasteiger partial charge on any atom is -0.486 e. The first-order valence-electron chi connectivity index (χ1n) is 6.54. The number of nitrogens with zero attached hydrogens (tertiary/aromatic N) is 2. The average molecular weight is 288 g/mol. The van der Waals surface area contributed by atoms with Crippen LogP contribution in [0.1, 0.15) is 11.4 Å². The molecule has 4 nitrogen and oxygen atoms in total. The second-order valence-electron chi connectivity index (χ2n) is 4.74. The molecule has 104 valence electrons. The lowest BCUT2D eigenvalue weighted by molar-refractivity contribution is 0.107. The third kappa shape index (κ3) is 3.04. The van der Waals surface area contributed by atoms with Gasteiger partial charge in [-0.05, 0) is 32.0 Å². The highest BCUT2D eigenvalue weighted by Gasteiger charge is 2.21. The molecule has 0 N–H and O–H groups in total. The number of aryl methyl sites for hydroxylation is 2. The molecule has 0 unspecified atom stereocenters. The number of aromatic nitrogens is 2. The van der Waals surface area contributed by atoms with Gasteiger partial charge in [0.25, 0.3) is 0 Å². The fourth-order valence-electron chi connectivity index (χ4n) is 2.07. The lowest BCUT2D eigenvalue weighted by Crippen LogP contribution is -2.31. The Morgan fingerprint density at radius 3 is 2.60 bits per heavy atom. The number of fused-ring (bicyclic) bond motifs is 1. The van der Waals surface area contributed by atoms with Crippen LogP contribution in [0.2, 0.25) is 0 Å². The van der Waals surface area contributed by atoms with Gasteiger partial charge in [0.1, 0.15) is 12.7 Å². The van der Waals surface area contributed by atoms with Gasteiger partial charge >= 0.3 is 0 Å². The molecule has 0 saturated heterocycles. The zero-order chi connectivity index (χ0) is 13.9. The van der Waals surface area contributed by atoms with E-state index in [0.29, 0.717) is 6.61 Å². The molecule has 0 fully saturated rings. The van der Waals surface area contributed by atoms with Gasteiger partial charge in [-0.25, -0.2) is 9.97 Å². The standard InChI is InChI=1S/C15H16N2O2S/c1-10-7-11(2)17-15(16-10)20-9-12-8-18-13-5-3-4-6-14(13)19-12/h3-7,12H,8-9H2,1-2H3/t12-/m1/s1. The largest absolute Gasteiger partial charge is 0.486 e. The first-order valence-corrected chi connectivity index (χ1v) is 7.53. The summed E-state index contributed by atoms with van der Waals surface area (Å²) in [5.41, 5.74) is 1.98. The van der Waals surface area contributed by atoms with Crippen LogP contribution in [0.25, 0.3) is 0 Å². The molecule has 1 aliphatic heterocycles. The highest BCUT2D eigenvalue weighted by Crippen LogP contribution is 2.32. The molecule has 0 saturated carbocycles. The fourth-order valence-corrected chi connectivity index (χ4v) is 2.99. The van der Waals surface area contributed by atoms with Gasteiger partial charge in [-0.15, -0.1) is 0 Å². The molecule has 1 aromatic carbocycles. The van der Waals surface area contributed by atoms with E-state index in [4.69, 9.17) is 9.47 Å². The van der Waals surface area contributed by atoms with E-state index in [-0.39, 0.29) is 6.10 Å². The maximum absolute atomic E-state index is 5.91. The third-order valence-electron chi connectivity index (χ3n) is 2.93. The Balaban J connectivity index is 1.62. The van der Waals surface area contributed by atoms with Crippen LogP contribution >= 0.6 is 11.8 Å². The molecular formula is C15H16N2O2S. The topological polar surface area (TPSA) is 44.2 Å². The van der Waals surface area contributed by atoms with Crippen molar-refractivity contribution in [2.24, 2.45) is 0 Å². The second kappa shape index (κ2) is 5.71. The van der Waals surface area contributed by atoms with Crippen LogP contribution in [0.3, 0.4) is 0 Å². The van der Waals surface area contributed by atoms with Crippen molar-refractivity contribution in [1.82, 2.24) is 9.97 Å². The summed E-state index contributed by atoms with van der Waals surface area (Å²) < 4.78 is 11.6. The summed E-state index contributed by atoms with van der Waals surface area (Å²) in [6, 6.07) is 9.72. The van der Waals surface area contributed by atoms with Crippen LogP contribution < -0.4 is 9.47 Å². The van der Waals surface area contributed by atoms with Crippen molar-refractivity contribution in [3.63, 3.8) is 0 Å². The monoisotopic (exact) mass is 288 g/mol. The fraction of sp³-hybridized carbons (Fsp3) is 0.333. The Hall–Kier alpha value is -1.75. The van der Waals surface area contributed by atoms with E-state index >= 15 is 0 Å². The molecule has 0 bridgehead atoms. The molecule has 0 amide bonds. The molecule has 2 aromatic rings. The lowest BCUT2D eigenvalue weighted by Gasteiger charge is -2.25. The van der Waals surface area contributed by atoms with Crippen molar-refractivity contribution in [3.05, 3.63) is 41.7 Å².